The molecule has 0 saturated carbocycles. The van der Waals surface area contributed by atoms with E-state index in [-0.39, 0.29) is 46.6 Å². The van der Waals surface area contributed by atoms with Crippen LogP contribution in [0.15, 0.2) is 53.8 Å². The first-order valence-corrected chi connectivity index (χ1v) is 12.6. The number of anilines is 5. The lowest BCUT2D eigenvalue weighted by molar-refractivity contribution is -0.115. The summed E-state index contributed by atoms with van der Waals surface area (Å²) in [6.07, 6.45) is 2.79. The van der Waals surface area contributed by atoms with E-state index >= 15 is 0 Å². The second-order valence-corrected chi connectivity index (χ2v) is 10.4. The summed E-state index contributed by atoms with van der Waals surface area (Å²) >= 11 is 6.26. The zero-order valence-corrected chi connectivity index (χ0v) is 20.7. The molecule has 3 rings (SSSR count). The van der Waals surface area contributed by atoms with Crippen molar-refractivity contribution in [2.45, 2.75) is 24.1 Å². The standard InChI is InChI=1S/C22H26ClN7O4S/c1-14(2)35(33,34)21-18(7-4-8-25-21)29-20-17(23)12-26-22(30-20)28-16-6-3-5-15(11-16)27-19(32)13-24-9-10-31/h3-8,11-12,14,24,31H,9-10,13H2,1-2H3,(H,27,32)(H2,26,28,29,30). The molecule has 186 valence electrons. The second-order valence-electron chi connectivity index (χ2n) is 7.62. The fourth-order valence-electron chi connectivity index (χ4n) is 2.87. The first kappa shape index (κ1) is 26.3. The number of hydrogen-bond donors (Lipinski definition) is 5. The Morgan fingerprint density at radius 1 is 1.11 bits per heavy atom. The Balaban J connectivity index is 1.78. The number of aliphatic hydroxyl groups excluding tert-OH is 1. The summed E-state index contributed by atoms with van der Waals surface area (Å²) in [6, 6.07) is 10.1. The molecule has 0 unspecified atom stereocenters. The molecular weight excluding hydrogens is 494 g/mol. The fourth-order valence-corrected chi connectivity index (χ4v) is 4.09. The lowest BCUT2D eigenvalue weighted by Gasteiger charge is -2.14. The van der Waals surface area contributed by atoms with Crippen molar-refractivity contribution in [1.82, 2.24) is 20.3 Å². The quantitative estimate of drug-likeness (QED) is 0.238. The van der Waals surface area contributed by atoms with Gasteiger partial charge in [0.2, 0.25) is 11.9 Å². The van der Waals surface area contributed by atoms with E-state index < -0.39 is 15.1 Å². The third-order valence-electron chi connectivity index (χ3n) is 4.64. The number of carbonyl (C=O) groups is 1. The van der Waals surface area contributed by atoms with Crippen LogP contribution in [0.2, 0.25) is 5.02 Å². The van der Waals surface area contributed by atoms with Gasteiger partial charge in [0, 0.05) is 24.1 Å². The van der Waals surface area contributed by atoms with Crippen LogP contribution in [0.3, 0.4) is 0 Å². The molecule has 0 bridgehead atoms. The van der Waals surface area contributed by atoms with Crippen molar-refractivity contribution < 1.29 is 18.3 Å². The van der Waals surface area contributed by atoms with E-state index in [4.69, 9.17) is 16.7 Å². The van der Waals surface area contributed by atoms with Crippen molar-refractivity contribution in [3.63, 3.8) is 0 Å². The molecule has 2 aromatic heterocycles. The number of halogens is 1. The summed E-state index contributed by atoms with van der Waals surface area (Å²) in [4.78, 5) is 24.6. The number of sulfone groups is 1. The highest BCUT2D eigenvalue weighted by atomic mass is 35.5. The Hall–Kier alpha value is -3.32. The van der Waals surface area contributed by atoms with Gasteiger partial charge < -0.3 is 26.4 Å². The van der Waals surface area contributed by atoms with Crippen LogP contribution in [0.1, 0.15) is 13.8 Å². The molecule has 1 amide bonds. The predicted octanol–water partition coefficient (Wildman–Crippen LogP) is 2.71. The van der Waals surface area contributed by atoms with Crippen molar-refractivity contribution in [3.8, 4) is 0 Å². The van der Waals surface area contributed by atoms with Crippen LogP contribution in [0.5, 0.6) is 0 Å². The number of nitrogens with one attached hydrogen (secondary N) is 4. The van der Waals surface area contributed by atoms with Gasteiger partial charge in [-0.3, -0.25) is 4.79 Å². The highest BCUT2D eigenvalue weighted by molar-refractivity contribution is 7.92. The van der Waals surface area contributed by atoms with Gasteiger partial charge in [-0.25, -0.2) is 18.4 Å². The van der Waals surface area contributed by atoms with Gasteiger partial charge in [-0.2, -0.15) is 4.98 Å². The second kappa shape index (κ2) is 11.9. The SMILES string of the molecule is CC(C)S(=O)(=O)c1ncccc1Nc1nc(Nc2cccc(NC(=O)CNCCO)c2)ncc1Cl. The maximum Gasteiger partial charge on any atom is 0.238 e. The number of carbonyl (C=O) groups excluding carboxylic acids is 1. The molecule has 0 radical (unpaired) electrons. The molecule has 0 aliphatic heterocycles. The molecule has 1 aromatic carbocycles. The minimum absolute atomic E-state index is 0.0553. The third-order valence-corrected chi connectivity index (χ3v) is 7.02. The zero-order chi connectivity index (χ0) is 25.4. The van der Waals surface area contributed by atoms with Crippen molar-refractivity contribution in [2.75, 3.05) is 35.6 Å². The van der Waals surface area contributed by atoms with Crippen LogP contribution in [0.25, 0.3) is 0 Å². The van der Waals surface area contributed by atoms with Crippen LogP contribution in [-0.2, 0) is 14.6 Å². The molecule has 35 heavy (non-hydrogen) atoms. The topological polar surface area (TPSA) is 158 Å². The summed E-state index contributed by atoms with van der Waals surface area (Å²) in [5.41, 5.74) is 1.40. The Labute approximate surface area is 208 Å². The molecule has 0 aliphatic rings. The van der Waals surface area contributed by atoms with E-state index in [1.165, 1.54) is 12.4 Å². The van der Waals surface area contributed by atoms with Crippen LogP contribution in [0.4, 0.5) is 28.8 Å². The van der Waals surface area contributed by atoms with Gasteiger partial charge in [0.15, 0.2) is 20.7 Å². The summed E-state index contributed by atoms with van der Waals surface area (Å²) < 4.78 is 25.4. The largest absolute Gasteiger partial charge is 0.395 e. The number of rotatable bonds is 11. The molecule has 0 aliphatic carbocycles. The average Bonchev–Trinajstić information content (AvgIpc) is 2.82. The van der Waals surface area contributed by atoms with Crippen LogP contribution in [-0.4, -0.2) is 59.3 Å². The van der Waals surface area contributed by atoms with Crippen molar-refractivity contribution in [2.24, 2.45) is 0 Å². The van der Waals surface area contributed by atoms with Gasteiger partial charge in [-0.1, -0.05) is 17.7 Å². The van der Waals surface area contributed by atoms with Crippen LogP contribution in [0, 0.1) is 0 Å². The molecule has 0 spiro atoms. The number of benzene rings is 1. The van der Waals surface area contributed by atoms with Gasteiger partial charge in [0.25, 0.3) is 0 Å². The highest BCUT2D eigenvalue weighted by Gasteiger charge is 2.24. The van der Waals surface area contributed by atoms with Gasteiger partial charge in [-0.15, -0.1) is 0 Å². The lowest BCUT2D eigenvalue weighted by atomic mass is 10.2. The first-order chi connectivity index (χ1) is 16.7. The van der Waals surface area contributed by atoms with Gasteiger partial charge >= 0.3 is 0 Å². The van der Waals surface area contributed by atoms with Gasteiger partial charge in [0.05, 0.1) is 30.3 Å². The van der Waals surface area contributed by atoms with Crippen molar-refractivity contribution in [1.29, 1.82) is 0 Å². The average molecular weight is 520 g/mol. The van der Waals surface area contributed by atoms with Crippen LogP contribution < -0.4 is 21.3 Å². The van der Waals surface area contributed by atoms with Crippen molar-refractivity contribution >= 4 is 56.2 Å². The van der Waals surface area contributed by atoms with Crippen molar-refractivity contribution in [3.05, 3.63) is 53.8 Å². The monoisotopic (exact) mass is 519 g/mol. The highest BCUT2D eigenvalue weighted by Crippen LogP contribution is 2.29. The first-order valence-electron chi connectivity index (χ1n) is 10.7. The van der Waals surface area contributed by atoms with E-state index in [2.05, 4.69) is 36.2 Å². The maximum atomic E-state index is 12.7. The summed E-state index contributed by atoms with van der Waals surface area (Å²) in [5, 5.41) is 19.7. The Morgan fingerprint density at radius 3 is 2.63 bits per heavy atom. The smallest absolute Gasteiger partial charge is 0.238 e. The minimum Gasteiger partial charge on any atom is -0.395 e. The van der Waals surface area contributed by atoms with E-state index in [0.29, 0.717) is 17.9 Å². The summed E-state index contributed by atoms with van der Waals surface area (Å²) in [5.74, 6) is 0.132. The molecule has 0 atom stereocenters. The molecule has 0 fully saturated rings. The molecule has 2 heterocycles. The number of hydrogen-bond acceptors (Lipinski definition) is 10. The molecule has 0 saturated heterocycles. The van der Waals surface area contributed by atoms with Gasteiger partial charge in [0.1, 0.15) is 5.02 Å². The zero-order valence-electron chi connectivity index (χ0n) is 19.1. The summed E-state index contributed by atoms with van der Waals surface area (Å²) in [6.45, 7) is 3.49. The number of amides is 1. The molecule has 13 heteroatoms. The van der Waals surface area contributed by atoms with Crippen LogP contribution >= 0.6 is 11.6 Å². The Morgan fingerprint density at radius 2 is 1.89 bits per heavy atom. The molecular formula is C22H26ClN7O4S. The number of aromatic nitrogens is 3. The van der Waals surface area contributed by atoms with E-state index in [0.717, 1.165) is 0 Å². The van der Waals surface area contributed by atoms with Gasteiger partial charge in [-0.05, 0) is 44.2 Å². The Bertz CT molecular complexity index is 1290. The molecule has 5 N–H and O–H groups in total. The maximum absolute atomic E-state index is 12.7. The fraction of sp³-hybridized carbons (Fsp3) is 0.273. The number of aliphatic hydroxyl groups is 1. The van der Waals surface area contributed by atoms with E-state index in [9.17, 15) is 13.2 Å². The Kier molecular flexibility index (Phi) is 8.93. The minimum atomic E-state index is -3.65. The molecule has 11 nitrogen and oxygen atoms in total. The van der Waals surface area contributed by atoms with E-state index in [1.807, 2.05) is 0 Å². The number of nitrogens with zero attached hydrogens (tertiary/aromatic N) is 3. The summed E-state index contributed by atoms with van der Waals surface area (Å²) in [7, 11) is -3.65. The number of pyridine rings is 1. The normalized spacial score (nSPS) is 11.3. The third kappa shape index (κ3) is 7.09. The lowest BCUT2D eigenvalue weighted by Crippen LogP contribution is -2.29. The molecule has 3 aromatic rings. The predicted molar refractivity (Wildman–Crippen MR) is 135 cm³/mol. The van der Waals surface area contributed by atoms with E-state index in [1.54, 1.807) is 50.2 Å².